The maximum absolute atomic E-state index is 12.2. The van der Waals surface area contributed by atoms with Crippen LogP contribution in [-0.4, -0.2) is 4.57 Å². The predicted octanol–water partition coefficient (Wildman–Crippen LogP) is 2.25. The van der Waals surface area contributed by atoms with Crippen LogP contribution in [-0.2, 0) is 6.54 Å². The van der Waals surface area contributed by atoms with Gasteiger partial charge in [0, 0.05) is 5.02 Å². The van der Waals surface area contributed by atoms with Gasteiger partial charge in [0.1, 0.15) is 11.3 Å². The Kier molecular flexibility index (Phi) is 2.76. The van der Waals surface area contributed by atoms with Crippen LogP contribution in [0.2, 0.25) is 5.02 Å². The van der Waals surface area contributed by atoms with Crippen LogP contribution in [0.1, 0.15) is 5.76 Å². The second-order valence-corrected chi connectivity index (χ2v) is 4.42. The number of fused-ring (bicyclic) bond motifs is 1. The normalized spacial score (nSPS) is 11.0. The van der Waals surface area contributed by atoms with E-state index in [1.807, 2.05) is 0 Å². The highest BCUT2D eigenvalue weighted by molar-refractivity contribution is 6.31. The summed E-state index contributed by atoms with van der Waals surface area (Å²) in [7, 11) is 0. The molecule has 0 aliphatic rings. The van der Waals surface area contributed by atoms with Gasteiger partial charge in [0.05, 0.1) is 18.2 Å². The first-order valence-electron chi connectivity index (χ1n) is 5.51. The van der Waals surface area contributed by atoms with Gasteiger partial charge in [0.2, 0.25) is 0 Å². The van der Waals surface area contributed by atoms with Crippen molar-refractivity contribution in [1.82, 2.24) is 4.57 Å². The Labute approximate surface area is 111 Å². The molecule has 2 aromatic heterocycles. The molecule has 0 N–H and O–H groups in total. The largest absolute Gasteiger partial charge is 0.467 e. The molecule has 2 heterocycles. The molecule has 0 fully saturated rings. The first-order chi connectivity index (χ1) is 9.15. The molecule has 0 unspecified atom stereocenters. The average Bonchev–Trinajstić information content (AvgIpc) is 2.89. The third-order valence-electron chi connectivity index (χ3n) is 2.73. The van der Waals surface area contributed by atoms with Crippen molar-refractivity contribution in [2.24, 2.45) is 0 Å². The number of halogens is 1. The van der Waals surface area contributed by atoms with E-state index >= 15 is 0 Å². The van der Waals surface area contributed by atoms with Crippen LogP contribution in [0.4, 0.5) is 0 Å². The topological polar surface area (TPSA) is 65.3 Å². The molecule has 5 nitrogen and oxygen atoms in total. The van der Waals surface area contributed by atoms with Crippen molar-refractivity contribution in [3.8, 4) is 0 Å². The summed E-state index contributed by atoms with van der Waals surface area (Å²) < 4.78 is 11.2. The van der Waals surface area contributed by atoms with Crippen molar-refractivity contribution in [2.75, 3.05) is 0 Å². The van der Waals surface area contributed by atoms with Crippen molar-refractivity contribution in [1.29, 1.82) is 0 Å². The van der Waals surface area contributed by atoms with E-state index in [4.69, 9.17) is 20.4 Å². The molecule has 1 aromatic carbocycles. The number of furan rings is 1. The molecule has 0 saturated heterocycles. The van der Waals surface area contributed by atoms with Crippen LogP contribution in [0.25, 0.3) is 11.0 Å². The van der Waals surface area contributed by atoms with Crippen molar-refractivity contribution < 1.29 is 8.83 Å². The van der Waals surface area contributed by atoms with Gasteiger partial charge in [0.15, 0.2) is 0 Å². The van der Waals surface area contributed by atoms with Crippen LogP contribution in [0, 0.1) is 0 Å². The monoisotopic (exact) mass is 277 g/mol. The Morgan fingerprint density at radius 3 is 2.79 bits per heavy atom. The molecular weight excluding hydrogens is 270 g/mol. The Bertz CT molecular complexity index is 845. The van der Waals surface area contributed by atoms with Gasteiger partial charge >= 0.3 is 5.76 Å². The third kappa shape index (κ3) is 2.08. The maximum atomic E-state index is 12.2. The lowest BCUT2D eigenvalue weighted by Gasteiger charge is -2.03. The van der Waals surface area contributed by atoms with E-state index in [9.17, 15) is 9.59 Å². The molecule has 19 heavy (non-hydrogen) atoms. The van der Waals surface area contributed by atoms with E-state index in [-0.39, 0.29) is 17.5 Å². The third-order valence-corrected chi connectivity index (χ3v) is 2.96. The first kappa shape index (κ1) is 11.8. The lowest BCUT2D eigenvalue weighted by atomic mass is 10.2. The minimum atomic E-state index is -0.726. The lowest BCUT2D eigenvalue weighted by molar-refractivity contribution is 0.434. The van der Waals surface area contributed by atoms with E-state index in [0.717, 1.165) is 4.57 Å². The van der Waals surface area contributed by atoms with Gasteiger partial charge in [-0.15, -0.1) is 0 Å². The fourth-order valence-corrected chi connectivity index (χ4v) is 2.00. The number of hydrogen-bond donors (Lipinski definition) is 0. The zero-order valence-corrected chi connectivity index (χ0v) is 10.4. The van der Waals surface area contributed by atoms with Crippen molar-refractivity contribution in [3.05, 3.63) is 68.3 Å². The summed E-state index contributed by atoms with van der Waals surface area (Å²) in [6.45, 7) is 0.0244. The van der Waals surface area contributed by atoms with Crippen molar-refractivity contribution in [3.63, 3.8) is 0 Å². The SMILES string of the molecule is O=c1oc2ccc(Cl)cc2c(=O)n1Cc1ccco1. The maximum Gasteiger partial charge on any atom is 0.422 e. The van der Waals surface area contributed by atoms with E-state index in [0.29, 0.717) is 10.8 Å². The summed E-state index contributed by atoms with van der Waals surface area (Å²) >= 11 is 5.84. The van der Waals surface area contributed by atoms with Crippen LogP contribution < -0.4 is 11.3 Å². The summed E-state index contributed by atoms with van der Waals surface area (Å²) in [5, 5.41) is 0.668. The Morgan fingerprint density at radius 1 is 1.21 bits per heavy atom. The molecule has 3 aromatic rings. The molecule has 0 atom stereocenters. The molecule has 96 valence electrons. The Hall–Kier alpha value is -2.27. The van der Waals surface area contributed by atoms with E-state index in [1.165, 1.54) is 18.4 Å². The van der Waals surface area contributed by atoms with Gasteiger partial charge in [-0.3, -0.25) is 4.79 Å². The smallest absolute Gasteiger partial charge is 0.422 e. The summed E-state index contributed by atoms with van der Waals surface area (Å²) in [4.78, 5) is 24.0. The zero-order chi connectivity index (χ0) is 13.4. The van der Waals surface area contributed by atoms with Crippen molar-refractivity contribution >= 4 is 22.6 Å². The summed E-state index contributed by atoms with van der Waals surface area (Å²) in [5.41, 5.74) is -0.236. The van der Waals surface area contributed by atoms with Crippen molar-refractivity contribution in [2.45, 2.75) is 6.54 Å². The standard InChI is InChI=1S/C13H8ClNO4/c14-8-3-4-11-10(6-8)12(16)15(13(17)19-11)7-9-2-1-5-18-9/h1-6H,7H2. The highest BCUT2D eigenvalue weighted by Crippen LogP contribution is 2.15. The quantitative estimate of drug-likeness (QED) is 0.720. The highest BCUT2D eigenvalue weighted by Gasteiger charge is 2.11. The fraction of sp³-hybridized carbons (Fsp3) is 0.0769. The first-order valence-corrected chi connectivity index (χ1v) is 5.88. The minimum absolute atomic E-state index is 0.0244. The zero-order valence-electron chi connectivity index (χ0n) is 9.63. The summed E-state index contributed by atoms with van der Waals surface area (Å²) in [5.74, 6) is -0.230. The number of hydrogen-bond acceptors (Lipinski definition) is 4. The average molecular weight is 278 g/mol. The number of nitrogens with zero attached hydrogens (tertiary/aromatic N) is 1. The van der Waals surface area contributed by atoms with E-state index < -0.39 is 11.3 Å². The number of benzene rings is 1. The van der Waals surface area contributed by atoms with Gasteiger partial charge in [-0.2, -0.15) is 0 Å². The Morgan fingerprint density at radius 2 is 2.05 bits per heavy atom. The molecule has 0 amide bonds. The summed E-state index contributed by atoms with van der Waals surface area (Å²) in [6.07, 6.45) is 1.47. The van der Waals surface area contributed by atoms with Crippen LogP contribution in [0.5, 0.6) is 0 Å². The summed E-state index contributed by atoms with van der Waals surface area (Å²) in [6, 6.07) is 7.88. The van der Waals surface area contributed by atoms with E-state index in [2.05, 4.69) is 0 Å². The van der Waals surface area contributed by atoms with Gasteiger partial charge in [-0.1, -0.05) is 11.6 Å². The lowest BCUT2D eigenvalue weighted by Crippen LogP contribution is -2.32. The van der Waals surface area contributed by atoms with E-state index in [1.54, 1.807) is 18.2 Å². The van der Waals surface area contributed by atoms with Crippen LogP contribution in [0.3, 0.4) is 0 Å². The fourth-order valence-electron chi connectivity index (χ4n) is 1.83. The van der Waals surface area contributed by atoms with Gasteiger partial charge in [0.25, 0.3) is 5.56 Å². The second kappa shape index (κ2) is 4.44. The molecular formula is C13H8ClNO4. The second-order valence-electron chi connectivity index (χ2n) is 3.98. The molecule has 0 saturated carbocycles. The van der Waals surface area contributed by atoms with Gasteiger partial charge in [-0.05, 0) is 30.3 Å². The molecule has 0 bridgehead atoms. The minimum Gasteiger partial charge on any atom is -0.467 e. The molecule has 0 aliphatic heterocycles. The molecule has 3 rings (SSSR count). The Balaban J connectivity index is 2.25. The number of aromatic nitrogens is 1. The molecule has 0 spiro atoms. The molecule has 6 heteroatoms. The predicted molar refractivity (Wildman–Crippen MR) is 69.6 cm³/mol. The molecule has 0 aliphatic carbocycles. The van der Waals surface area contributed by atoms with Crippen LogP contribution >= 0.6 is 11.6 Å². The molecule has 0 radical (unpaired) electrons. The number of rotatable bonds is 2. The highest BCUT2D eigenvalue weighted by atomic mass is 35.5. The van der Waals surface area contributed by atoms with Gasteiger partial charge < -0.3 is 8.83 Å². The van der Waals surface area contributed by atoms with Crippen LogP contribution in [0.15, 0.2) is 55.0 Å². The van der Waals surface area contributed by atoms with Gasteiger partial charge in [-0.25, -0.2) is 9.36 Å².